The van der Waals surface area contributed by atoms with Crippen LogP contribution in [0.25, 0.3) is 5.69 Å². The summed E-state index contributed by atoms with van der Waals surface area (Å²) < 4.78 is 66.5. The molecule has 0 atom stereocenters. The number of halogens is 3. The number of hydrogen-bond acceptors (Lipinski definition) is 5. The minimum atomic E-state index is -4.91. The average molecular weight is 417 g/mol. The van der Waals surface area contributed by atoms with Crippen LogP contribution in [0.2, 0.25) is 0 Å². The van der Waals surface area contributed by atoms with Crippen molar-refractivity contribution in [2.45, 2.75) is 6.18 Å². The summed E-state index contributed by atoms with van der Waals surface area (Å²) in [5, 5.41) is 9.14. The molecular weight excluding hydrogens is 403 g/mol. The molecule has 150 valence electrons. The fourth-order valence-electron chi connectivity index (χ4n) is 2.22. The van der Waals surface area contributed by atoms with Crippen LogP contribution in [0.5, 0.6) is 0 Å². The minimum Gasteiger partial charge on any atom is -0.292 e. The molecule has 0 aliphatic carbocycles. The average Bonchev–Trinajstić information content (AvgIpc) is 2.57. The number of rotatable bonds is 4. The molecule has 0 aliphatic heterocycles. The van der Waals surface area contributed by atoms with E-state index in [4.69, 9.17) is 5.26 Å². The Labute approximate surface area is 157 Å². The van der Waals surface area contributed by atoms with E-state index in [9.17, 15) is 31.2 Å². The van der Waals surface area contributed by atoms with Gasteiger partial charge in [-0.15, -0.1) is 0 Å². The molecule has 13 heteroatoms. The fraction of sp³-hybridized carbons (Fsp3) is 0.267. The summed E-state index contributed by atoms with van der Waals surface area (Å²) in [4.78, 5) is 24.5. The number of nitrogens with one attached hydrogen (secondary N) is 1. The fourth-order valence-corrected chi connectivity index (χ4v) is 2.85. The first-order valence-electron chi connectivity index (χ1n) is 7.44. The molecule has 0 fully saturated rings. The van der Waals surface area contributed by atoms with Gasteiger partial charge in [0, 0.05) is 27.2 Å². The highest BCUT2D eigenvalue weighted by atomic mass is 32.2. The number of aromatic nitrogens is 2. The number of anilines is 1. The third-order valence-corrected chi connectivity index (χ3v) is 5.15. The Morgan fingerprint density at radius 2 is 1.79 bits per heavy atom. The van der Waals surface area contributed by atoms with Crippen LogP contribution in [0, 0.1) is 11.3 Å². The van der Waals surface area contributed by atoms with Crippen molar-refractivity contribution in [2.24, 2.45) is 7.05 Å². The second-order valence-electron chi connectivity index (χ2n) is 5.77. The van der Waals surface area contributed by atoms with E-state index in [0.29, 0.717) is 4.57 Å². The molecule has 2 rings (SSSR count). The lowest BCUT2D eigenvalue weighted by molar-refractivity contribution is -0.144. The van der Waals surface area contributed by atoms with Gasteiger partial charge in [0.1, 0.15) is 11.8 Å². The SMILES string of the molecule is CN(C)S(=O)(=O)Nc1cc(-n2c(=O)cc(C(F)(F)F)n(C)c2=O)ccc1C#N. The third-order valence-electron chi connectivity index (χ3n) is 3.71. The maximum absolute atomic E-state index is 12.9. The van der Waals surface area contributed by atoms with Crippen molar-refractivity contribution >= 4 is 15.9 Å². The van der Waals surface area contributed by atoms with E-state index >= 15 is 0 Å². The van der Waals surface area contributed by atoms with Gasteiger partial charge in [-0.3, -0.25) is 14.1 Å². The Kier molecular flexibility index (Phi) is 5.40. The number of benzene rings is 1. The Bertz CT molecular complexity index is 1190. The first kappa shape index (κ1) is 21.2. The van der Waals surface area contributed by atoms with Gasteiger partial charge in [0.2, 0.25) is 0 Å². The smallest absolute Gasteiger partial charge is 0.292 e. The lowest BCUT2D eigenvalue weighted by Gasteiger charge is -2.16. The molecule has 1 N–H and O–H groups in total. The zero-order valence-corrected chi connectivity index (χ0v) is 15.6. The highest BCUT2D eigenvalue weighted by molar-refractivity contribution is 7.90. The minimum absolute atomic E-state index is 0.119. The van der Waals surface area contributed by atoms with E-state index in [1.165, 1.54) is 14.1 Å². The lowest BCUT2D eigenvalue weighted by atomic mass is 10.2. The van der Waals surface area contributed by atoms with Crippen molar-refractivity contribution < 1.29 is 21.6 Å². The highest BCUT2D eigenvalue weighted by Crippen LogP contribution is 2.27. The van der Waals surface area contributed by atoms with Gasteiger partial charge in [0.25, 0.3) is 5.56 Å². The van der Waals surface area contributed by atoms with Crippen LogP contribution in [-0.4, -0.2) is 36.0 Å². The largest absolute Gasteiger partial charge is 0.431 e. The van der Waals surface area contributed by atoms with E-state index in [0.717, 1.165) is 29.6 Å². The summed E-state index contributed by atoms with van der Waals surface area (Å²) in [6.07, 6.45) is -4.91. The van der Waals surface area contributed by atoms with Crippen LogP contribution in [0.1, 0.15) is 11.3 Å². The quantitative estimate of drug-likeness (QED) is 0.784. The molecule has 0 bridgehead atoms. The van der Waals surface area contributed by atoms with Gasteiger partial charge in [-0.1, -0.05) is 0 Å². The van der Waals surface area contributed by atoms with E-state index in [2.05, 4.69) is 4.72 Å². The zero-order chi connectivity index (χ0) is 21.4. The predicted molar refractivity (Wildman–Crippen MR) is 93.2 cm³/mol. The van der Waals surface area contributed by atoms with Gasteiger partial charge in [-0.25, -0.2) is 9.36 Å². The second kappa shape index (κ2) is 7.13. The van der Waals surface area contributed by atoms with Crippen molar-refractivity contribution in [3.8, 4) is 11.8 Å². The third kappa shape index (κ3) is 3.92. The zero-order valence-electron chi connectivity index (χ0n) is 14.8. The second-order valence-corrected chi connectivity index (χ2v) is 7.66. The topological polar surface area (TPSA) is 117 Å². The summed E-state index contributed by atoms with van der Waals surface area (Å²) in [6.45, 7) is 0. The van der Waals surface area contributed by atoms with E-state index < -0.39 is 33.3 Å². The summed E-state index contributed by atoms with van der Waals surface area (Å²) in [7, 11) is -0.716. The lowest BCUT2D eigenvalue weighted by Crippen LogP contribution is -2.40. The van der Waals surface area contributed by atoms with E-state index in [1.807, 2.05) is 0 Å². The van der Waals surface area contributed by atoms with E-state index in [-0.39, 0.29) is 27.6 Å². The van der Waals surface area contributed by atoms with E-state index in [1.54, 1.807) is 6.07 Å². The maximum atomic E-state index is 12.9. The Hall–Kier alpha value is -3.11. The van der Waals surface area contributed by atoms with Gasteiger partial charge in [-0.05, 0) is 18.2 Å². The Morgan fingerprint density at radius 1 is 1.18 bits per heavy atom. The number of alkyl halides is 3. The van der Waals surface area contributed by atoms with Crippen molar-refractivity contribution in [1.29, 1.82) is 5.26 Å². The molecule has 9 nitrogen and oxygen atoms in total. The summed E-state index contributed by atoms with van der Waals surface area (Å²) in [5.41, 5.74) is -4.56. The molecule has 1 aromatic heterocycles. The van der Waals surface area contributed by atoms with Crippen molar-refractivity contribution in [3.63, 3.8) is 0 Å². The Balaban J connectivity index is 2.73. The molecular formula is C15H14F3N5O4S. The van der Waals surface area contributed by atoms with Crippen LogP contribution in [-0.2, 0) is 23.4 Å². The molecule has 0 radical (unpaired) electrons. The molecule has 2 aromatic rings. The molecule has 1 aromatic carbocycles. The van der Waals surface area contributed by atoms with Crippen molar-refractivity contribution in [3.05, 3.63) is 56.4 Å². The number of nitrogens with zero attached hydrogens (tertiary/aromatic N) is 4. The van der Waals surface area contributed by atoms with Crippen molar-refractivity contribution in [1.82, 2.24) is 13.4 Å². The summed E-state index contributed by atoms with van der Waals surface area (Å²) in [5.74, 6) is 0. The van der Waals surface area contributed by atoms with Gasteiger partial charge in [-0.2, -0.15) is 31.2 Å². The molecule has 0 unspecified atom stereocenters. The van der Waals surface area contributed by atoms with Gasteiger partial charge < -0.3 is 0 Å². The van der Waals surface area contributed by atoms with Gasteiger partial charge in [0.15, 0.2) is 0 Å². The molecule has 0 saturated heterocycles. The normalized spacial score (nSPS) is 12.1. The first-order chi connectivity index (χ1) is 12.8. The molecule has 0 aliphatic rings. The molecule has 0 saturated carbocycles. The van der Waals surface area contributed by atoms with Crippen LogP contribution in [0.15, 0.2) is 33.9 Å². The first-order valence-corrected chi connectivity index (χ1v) is 8.88. The Morgan fingerprint density at radius 3 is 2.29 bits per heavy atom. The van der Waals surface area contributed by atoms with Crippen LogP contribution < -0.4 is 16.0 Å². The summed E-state index contributed by atoms with van der Waals surface area (Å²) >= 11 is 0. The van der Waals surface area contributed by atoms with Crippen LogP contribution in [0.3, 0.4) is 0 Å². The van der Waals surface area contributed by atoms with Crippen LogP contribution >= 0.6 is 0 Å². The van der Waals surface area contributed by atoms with Gasteiger partial charge in [0.05, 0.1) is 16.9 Å². The highest BCUT2D eigenvalue weighted by Gasteiger charge is 2.35. The summed E-state index contributed by atoms with van der Waals surface area (Å²) in [6, 6.07) is 5.28. The number of nitriles is 1. The monoisotopic (exact) mass is 417 g/mol. The predicted octanol–water partition coefficient (Wildman–Crippen LogP) is 0.645. The molecule has 0 spiro atoms. The molecule has 1 heterocycles. The van der Waals surface area contributed by atoms with Crippen molar-refractivity contribution in [2.75, 3.05) is 18.8 Å². The van der Waals surface area contributed by atoms with Gasteiger partial charge >= 0.3 is 22.1 Å². The van der Waals surface area contributed by atoms with Crippen LogP contribution in [0.4, 0.5) is 18.9 Å². The number of hydrogen-bond donors (Lipinski definition) is 1. The standard InChI is InChI=1S/C15H14F3N5O4S/c1-21(2)28(26,27)20-11-6-10(5-4-9(11)8-19)23-13(24)7-12(15(16,17)18)22(3)14(23)25/h4-7,20H,1-3H3. The molecule has 28 heavy (non-hydrogen) atoms. The maximum Gasteiger partial charge on any atom is 0.431 e. The molecule has 0 amide bonds.